The number of fused-ring (bicyclic) bond motifs is 1. The van der Waals surface area contributed by atoms with Gasteiger partial charge in [-0.05, 0) is 62.6 Å². The van der Waals surface area contributed by atoms with Crippen LogP contribution in [0.1, 0.15) is 30.9 Å². The van der Waals surface area contributed by atoms with Gasteiger partial charge in [-0.25, -0.2) is 8.42 Å². The summed E-state index contributed by atoms with van der Waals surface area (Å²) in [4.78, 5) is 17.7. The lowest BCUT2D eigenvalue weighted by Crippen LogP contribution is -2.20. The first kappa shape index (κ1) is 23.4. The van der Waals surface area contributed by atoms with E-state index in [-0.39, 0.29) is 29.4 Å². The summed E-state index contributed by atoms with van der Waals surface area (Å²) < 4.78 is 33.4. The molecular weight excluding hydrogens is 432 g/mol. The van der Waals surface area contributed by atoms with Crippen LogP contribution in [0.4, 0.5) is 0 Å². The van der Waals surface area contributed by atoms with Crippen molar-refractivity contribution < 1.29 is 17.9 Å². The van der Waals surface area contributed by atoms with E-state index < -0.39 is 9.84 Å². The number of nitrogens with zero attached hydrogens (tertiary/aromatic N) is 2. The van der Waals surface area contributed by atoms with Crippen LogP contribution in [0, 0.1) is 13.8 Å². The van der Waals surface area contributed by atoms with Gasteiger partial charge in [-0.2, -0.15) is 4.99 Å². The van der Waals surface area contributed by atoms with Crippen LogP contribution in [0.3, 0.4) is 0 Å². The van der Waals surface area contributed by atoms with Crippen LogP contribution in [-0.4, -0.2) is 37.9 Å². The van der Waals surface area contributed by atoms with E-state index in [4.69, 9.17) is 4.74 Å². The molecule has 0 atom stereocenters. The van der Waals surface area contributed by atoms with Crippen LogP contribution < -0.4 is 4.80 Å². The smallest absolute Gasteiger partial charge is 0.248 e. The van der Waals surface area contributed by atoms with Crippen molar-refractivity contribution in [3.05, 3.63) is 58.4 Å². The quantitative estimate of drug-likeness (QED) is 0.452. The molecule has 0 saturated carbocycles. The number of ether oxygens (including phenoxy) is 1. The molecule has 0 saturated heterocycles. The molecule has 31 heavy (non-hydrogen) atoms. The molecule has 0 radical (unpaired) electrons. The standard InChI is InChI=1S/C23H28N2O4S2/c1-4-29-13-12-25-20-15-17(2)18(3)16-21(20)30-23(25)24-22(26)11-8-14-31(27,28)19-9-6-5-7-10-19/h5-7,9-10,15-16H,4,8,11-14H2,1-3H3. The van der Waals surface area contributed by atoms with Gasteiger partial charge in [0.05, 0.1) is 27.5 Å². The zero-order chi connectivity index (χ0) is 22.4. The zero-order valence-corrected chi connectivity index (χ0v) is 19.8. The number of benzene rings is 2. The predicted octanol–water partition coefficient (Wildman–Crippen LogP) is 4.04. The van der Waals surface area contributed by atoms with Crippen molar-refractivity contribution >= 4 is 37.3 Å². The highest BCUT2D eigenvalue weighted by atomic mass is 32.2. The van der Waals surface area contributed by atoms with E-state index >= 15 is 0 Å². The number of carbonyl (C=O) groups is 1. The highest BCUT2D eigenvalue weighted by Crippen LogP contribution is 2.22. The minimum atomic E-state index is -3.39. The van der Waals surface area contributed by atoms with Crippen LogP contribution in [0.15, 0.2) is 52.4 Å². The van der Waals surface area contributed by atoms with Crippen molar-refractivity contribution in [1.29, 1.82) is 0 Å². The van der Waals surface area contributed by atoms with Gasteiger partial charge in [0.15, 0.2) is 14.6 Å². The number of rotatable bonds is 9. The summed E-state index contributed by atoms with van der Waals surface area (Å²) in [7, 11) is -3.39. The third-order valence-corrected chi connectivity index (χ3v) is 7.95. The molecule has 1 aromatic heterocycles. The van der Waals surface area contributed by atoms with Gasteiger partial charge in [-0.15, -0.1) is 0 Å². The van der Waals surface area contributed by atoms with E-state index in [1.54, 1.807) is 30.3 Å². The van der Waals surface area contributed by atoms with Crippen LogP contribution in [0.2, 0.25) is 0 Å². The minimum Gasteiger partial charge on any atom is -0.380 e. The minimum absolute atomic E-state index is 0.0760. The molecule has 8 heteroatoms. The summed E-state index contributed by atoms with van der Waals surface area (Å²) in [6.45, 7) is 7.84. The molecule has 0 aliphatic rings. The Bertz CT molecular complexity index is 1230. The maximum absolute atomic E-state index is 12.5. The Morgan fingerprint density at radius 3 is 2.55 bits per heavy atom. The van der Waals surface area contributed by atoms with E-state index in [0.717, 1.165) is 10.2 Å². The summed E-state index contributed by atoms with van der Waals surface area (Å²) in [6, 6.07) is 12.5. The fourth-order valence-electron chi connectivity index (χ4n) is 3.24. The third kappa shape index (κ3) is 5.90. The molecule has 0 spiro atoms. The molecule has 3 aromatic rings. The number of sulfone groups is 1. The predicted molar refractivity (Wildman–Crippen MR) is 124 cm³/mol. The average Bonchev–Trinajstić information content (AvgIpc) is 3.05. The summed E-state index contributed by atoms with van der Waals surface area (Å²) in [5, 5.41) is 0. The number of aromatic nitrogens is 1. The lowest BCUT2D eigenvalue weighted by atomic mass is 10.1. The van der Waals surface area contributed by atoms with E-state index in [1.807, 2.05) is 11.5 Å². The third-order valence-electron chi connectivity index (χ3n) is 5.09. The Morgan fingerprint density at radius 2 is 1.84 bits per heavy atom. The largest absolute Gasteiger partial charge is 0.380 e. The lowest BCUT2D eigenvalue weighted by Gasteiger charge is -2.07. The molecule has 3 rings (SSSR count). The van der Waals surface area contributed by atoms with Gasteiger partial charge in [-0.1, -0.05) is 29.5 Å². The van der Waals surface area contributed by atoms with Crippen LogP contribution in [0.25, 0.3) is 10.2 Å². The van der Waals surface area contributed by atoms with Crippen molar-refractivity contribution in [1.82, 2.24) is 4.57 Å². The maximum atomic E-state index is 12.5. The molecule has 0 fully saturated rings. The first-order valence-electron chi connectivity index (χ1n) is 10.4. The molecule has 6 nitrogen and oxygen atoms in total. The maximum Gasteiger partial charge on any atom is 0.248 e. The van der Waals surface area contributed by atoms with Gasteiger partial charge in [0, 0.05) is 19.6 Å². The number of hydrogen-bond acceptors (Lipinski definition) is 5. The molecule has 0 bridgehead atoms. The van der Waals surface area contributed by atoms with Crippen LogP contribution >= 0.6 is 11.3 Å². The van der Waals surface area contributed by atoms with Crippen LogP contribution in [-0.2, 0) is 25.9 Å². The molecule has 1 amide bonds. The topological polar surface area (TPSA) is 77.7 Å². The molecule has 0 unspecified atom stereocenters. The Kier molecular flexibility index (Phi) is 7.80. The SMILES string of the molecule is CCOCCn1c(=NC(=O)CCCS(=O)(=O)c2ccccc2)sc2cc(C)c(C)cc21. The number of amides is 1. The molecule has 0 aliphatic carbocycles. The van der Waals surface area contributed by atoms with Gasteiger partial charge in [0.2, 0.25) is 5.91 Å². The second kappa shape index (κ2) is 10.3. The molecule has 0 N–H and O–H groups in total. The van der Waals surface area contributed by atoms with Crippen molar-refractivity contribution in [3.8, 4) is 0 Å². The van der Waals surface area contributed by atoms with E-state index in [9.17, 15) is 13.2 Å². The molecule has 166 valence electrons. The number of thiazole rings is 1. The first-order valence-corrected chi connectivity index (χ1v) is 12.8. The van der Waals surface area contributed by atoms with E-state index in [0.29, 0.717) is 24.6 Å². The highest BCUT2D eigenvalue weighted by molar-refractivity contribution is 7.91. The molecular formula is C23H28N2O4S2. The summed E-state index contributed by atoms with van der Waals surface area (Å²) in [6.07, 6.45) is 0.325. The summed E-state index contributed by atoms with van der Waals surface area (Å²) in [5.74, 6) is -0.388. The van der Waals surface area contributed by atoms with Gasteiger partial charge in [0.1, 0.15) is 0 Å². The van der Waals surface area contributed by atoms with Gasteiger partial charge in [0.25, 0.3) is 0 Å². The van der Waals surface area contributed by atoms with Gasteiger partial charge < -0.3 is 9.30 Å². The second-order valence-electron chi connectivity index (χ2n) is 7.38. The average molecular weight is 461 g/mol. The zero-order valence-electron chi connectivity index (χ0n) is 18.1. The van der Waals surface area contributed by atoms with Crippen molar-refractivity contribution in [2.24, 2.45) is 4.99 Å². The summed E-state index contributed by atoms with van der Waals surface area (Å²) in [5.41, 5.74) is 3.40. The lowest BCUT2D eigenvalue weighted by molar-refractivity contribution is -0.118. The highest BCUT2D eigenvalue weighted by Gasteiger charge is 2.15. The van der Waals surface area contributed by atoms with E-state index in [1.165, 1.54) is 22.5 Å². The Labute approximate surface area is 187 Å². The fraction of sp³-hybridized carbons (Fsp3) is 0.391. The monoisotopic (exact) mass is 460 g/mol. The van der Waals surface area contributed by atoms with Crippen molar-refractivity contribution in [3.63, 3.8) is 0 Å². The fourth-order valence-corrected chi connectivity index (χ4v) is 5.73. The number of carbonyl (C=O) groups excluding carboxylic acids is 1. The van der Waals surface area contributed by atoms with Gasteiger partial charge >= 0.3 is 0 Å². The van der Waals surface area contributed by atoms with E-state index in [2.05, 4.69) is 31.0 Å². The van der Waals surface area contributed by atoms with Crippen molar-refractivity contribution in [2.75, 3.05) is 19.0 Å². The Balaban J connectivity index is 1.79. The number of hydrogen-bond donors (Lipinski definition) is 0. The molecule has 0 aliphatic heterocycles. The first-order chi connectivity index (χ1) is 14.8. The second-order valence-corrected chi connectivity index (χ2v) is 10.5. The normalized spacial score (nSPS) is 12.5. The summed E-state index contributed by atoms with van der Waals surface area (Å²) >= 11 is 1.47. The van der Waals surface area contributed by atoms with Gasteiger partial charge in [-0.3, -0.25) is 4.79 Å². The molecule has 2 aromatic carbocycles. The van der Waals surface area contributed by atoms with Crippen molar-refractivity contribution in [2.45, 2.75) is 45.1 Å². The Morgan fingerprint density at radius 1 is 1.13 bits per heavy atom. The van der Waals surface area contributed by atoms with Crippen LogP contribution in [0.5, 0.6) is 0 Å². The number of aryl methyl sites for hydroxylation is 2. The Hall–Kier alpha value is -2.29. The molecule has 1 heterocycles.